The molecule has 0 N–H and O–H groups in total. The van der Waals surface area contributed by atoms with Crippen LogP contribution >= 0.6 is 0 Å². The van der Waals surface area contributed by atoms with Crippen molar-refractivity contribution in [2.75, 3.05) is 32.2 Å². The SMILES string of the molecule is COC(=O)C1CN(c2cc(OC)cc([N+](=O)[O-])c2)CC1C. The molecule has 1 aromatic carbocycles. The van der Waals surface area contributed by atoms with Crippen molar-refractivity contribution in [1.29, 1.82) is 0 Å². The number of hydrogen-bond donors (Lipinski definition) is 0. The monoisotopic (exact) mass is 294 g/mol. The molecule has 114 valence electrons. The van der Waals surface area contributed by atoms with Crippen LogP contribution in [0.1, 0.15) is 6.92 Å². The third-order valence-corrected chi connectivity index (χ3v) is 3.80. The predicted molar refractivity (Wildman–Crippen MR) is 76.5 cm³/mol. The van der Waals surface area contributed by atoms with Crippen LogP contribution in [0.2, 0.25) is 0 Å². The van der Waals surface area contributed by atoms with Crippen molar-refractivity contribution in [3.63, 3.8) is 0 Å². The maximum atomic E-state index is 11.7. The molecule has 2 atom stereocenters. The van der Waals surface area contributed by atoms with E-state index in [9.17, 15) is 14.9 Å². The summed E-state index contributed by atoms with van der Waals surface area (Å²) in [5.74, 6) is 0.0822. The molecule has 0 amide bonds. The van der Waals surface area contributed by atoms with Gasteiger partial charge in [0.25, 0.3) is 5.69 Å². The fraction of sp³-hybridized carbons (Fsp3) is 0.500. The van der Waals surface area contributed by atoms with Crippen LogP contribution in [0.5, 0.6) is 5.75 Å². The summed E-state index contributed by atoms with van der Waals surface area (Å²) in [5, 5.41) is 11.0. The number of nitro groups is 1. The maximum absolute atomic E-state index is 11.7. The highest BCUT2D eigenvalue weighted by atomic mass is 16.6. The largest absolute Gasteiger partial charge is 0.496 e. The van der Waals surface area contributed by atoms with Crippen LogP contribution in [0.4, 0.5) is 11.4 Å². The molecule has 1 fully saturated rings. The molecule has 1 aliphatic rings. The van der Waals surface area contributed by atoms with E-state index >= 15 is 0 Å². The molecule has 0 radical (unpaired) electrons. The number of nitrogens with zero attached hydrogens (tertiary/aromatic N) is 2. The van der Waals surface area contributed by atoms with Gasteiger partial charge in [-0.15, -0.1) is 0 Å². The number of esters is 1. The lowest BCUT2D eigenvalue weighted by molar-refractivity contribution is -0.384. The molecule has 1 heterocycles. The van der Waals surface area contributed by atoms with Gasteiger partial charge in [-0.05, 0) is 5.92 Å². The number of rotatable bonds is 4. The number of benzene rings is 1. The summed E-state index contributed by atoms with van der Waals surface area (Å²) in [6.45, 7) is 3.10. The summed E-state index contributed by atoms with van der Waals surface area (Å²) in [6, 6.07) is 4.61. The summed E-state index contributed by atoms with van der Waals surface area (Å²) < 4.78 is 9.90. The van der Waals surface area contributed by atoms with E-state index in [1.54, 1.807) is 6.07 Å². The smallest absolute Gasteiger partial charge is 0.310 e. The Morgan fingerprint density at radius 3 is 2.62 bits per heavy atom. The molecule has 7 heteroatoms. The van der Waals surface area contributed by atoms with Gasteiger partial charge < -0.3 is 14.4 Å². The molecule has 0 aromatic heterocycles. The topological polar surface area (TPSA) is 81.9 Å². The lowest BCUT2D eigenvalue weighted by atomic mass is 9.99. The second-order valence-electron chi connectivity index (χ2n) is 5.16. The van der Waals surface area contributed by atoms with Gasteiger partial charge in [-0.3, -0.25) is 14.9 Å². The van der Waals surface area contributed by atoms with Crippen LogP contribution in [0.3, 0.4) is 0 Å². The van der Waals surface area contributed by atoms with Crippen LogP contribution in [-0.2, 0) is 9.53 Å². The van der Waals surface area contributed by atoms with E-state index in [0.717, 1.165) is 0 Å². The number of methoxy groups -OCH3 is 2. The zero-order valence-electron chi connectivity index (χ0n) is 12.2. The normalized spacial score (nSPS) is 21.2. The molecule has 21 heavy (non-hydrogen) atoms. The van der Waals surface area contributed by atoms with Crippen molar-refractivity contribution in [2.24, 2.45) is 11.8 Å². The summed E-state index contributed by atoms with van der Waals surface area (Å²) in [6.07, 6.45) is 0. The third-order valence-electron chi connectivity index (χ3n) is 3.80. The fourth-order valence-electron chi connectivity index (χ4n) is 2.61. The first kappa shape index (κ1) is 15.1. The zero-order valence-corrected chi connectivity index (χ0v) is 12.2. The first-order valence-corrected chi connectivity index (χ1v) is 6.62. The standard InChI is InChI=1S/C14H18N2O5/c1-9-7-15(8-13(9)14(17)21-3)10-4-11(16(18)19)6-12(5-10)20-2/h4-6,9,13H,7-8H2,1-3H3. The van der Waals surface area contributed by atoms with Crippen LogP contribution in [0.15, 0.2) is 18.2 Å². The van der Waals surface area contributed by atoms with E-state index in [-0.39, 0.29) is 23.5 Å². The Morgan fingerprint density at radius 1 is 1.33 bits per heavy atom. The molecule has 7 nitrogen and oxygen atoms in total. The first-order valence-electron chi connectivity index (χ1n) is 6.62. The van der Waals surface area contributed by atoms with Crippen LogP contribution in [0.25, 0.3) is 0 Å². The van der Waals surface area contributed by atoms with Gasteiger partial charge in [0, 0.05) is 30.9 Å². The highest BCUT2D eigenvalue weighted by Crippen LogP contribution is 2.33. The Balaban J connectivity index is 2.28. The number of carbonyl (C=O) groups excluding carboxylic acids is 1. The molecule has 2 rings (SSSR count). The van der Waals surface area contributed by atoms with E-state index in [1.165, 1.54) is 26.4 Å². The minimum Gasteiger partial charge on any atom is -0.496 e. The quantitative estimate of drug-likeness (QED) is 0.479. The van der Waals surface area contributed by atoms with Crippen molar-refractivity contribution >= 4 is 17.3 Å². The molecule has 0 spiro atoms. The average Bonchev–Trinajstić information content (AvgIpc) is 2.87. The Hall–Kier alpha value is -2.31. The summed E-state index contributed by atoms with van der Waals surface area (Å²) >= 11 is 0. The number of non-ortho nitro benzene ring substituents is 1. The number of carbonyl (C=O) groups is 1. The van der Waals surface area contributed by atoms with Gasteiger partial charge >= 0.3 is 5.97 Å². The Bertz CT molecular complexity index is 560. The molecule has 0 aliphatic carbocycles. The second kappa shape index (κ2) is 5.99. The van der Waals surface area contributed by atoms with Crippen LogP contribution in [0, 0.1) is 22.0 Å². The average molecular weight is 294 g/mol. The lowest BCUT2D eigenvalue weighted by Crippen LogP contribution is -2.24. The number of ether oxygens (including phenoxy) is 2. The minimum absolute atomic E-state index is 0.0291. The highest BCUT2D eigenvalue weighted by Gasteiger charge is 2.36. The Kier molecular flexibility index (Phi) is 4.30. The van der Waals surface area contributed by atoms with Gasteiger partial charge in [0.2, 0.25) is 0 Å². The molecule has 1 aromatic rings. The minimum atomic E-state index is -0.455. The molecule has 0 saturated carbocycles. The Morgan fingerprint density at radius 2 is 2.05 bits per heavy atom. The fourth-order valence-corrected chi connectivity index (χ4v) is 2.61. The van der Waals surface area contributed by atoms with Gasteiger partial charge in [0.05, 0.1) is 31.1 Å². The first-order chi connectivity index (χ1) is 9.96. The molecular formula is C14H18N2O5. The molecular weight excluding hydrogens is 276 g/mol. The summed E-state index contributed by atoms with van der Waals surface area (Å²) in [7, 11) is 2.83. The van der Waals surface area contributed by atoms with E-state index in [1.807, 2.05) is 11.8 Å². The van der Waals surface area contributed by atoms with E-state index < -0.39 is 4.92 Å². The van der Waals surface area contributed by atoms with Gasteiger partial charge in [-0.1, -0.05) is 6.92 Å². The lowest BCUT2D eigenvalue weighted by Gasteiger charge is -2.18. The second-order valence-corrected chi connectivity index (χ2v) is 5.16. The zero-order chi connectivity index (χ0) is 15.6. The van der Waals surface area contributed by atoms with Crippen LogP contribution < -0.4 is 9.64 Å². The van der Waals surface area contributed by atoms with Crippen molar-refractivity contribution in [1.82, 2.24) is 0 Å². The van der Waals surface area contributed by atoms with Crippen molar-refractivity contribution in [2.45, 2.75) is 6.92 Å². The van der Waals surface area contributed by atoms with Crippen molar-refractivity contribution in [3.8, 4) is 5.75 Å². The maximum Gasteiger partial charge on any atom is 0.310 e. The summed E-state index contributed by atoms with van der Waals surface area (Å²) in [4.78, 5) is 24.2. The van der Waals surface area contributed by atoms with Crippen molar-refractivity contribution in [3.05, 3.63) is 28.3 Å². The van der Waals surface area contributed by atoms with Gasteiger partial charge in [-0.25, -0.2) is 0 Å². The van der Waals surface area contributed by atoms with Crippen molar-refractivity contribution < 1.29 is 19.2 Å². The van der Waals surface area contributed by atoms with Gasteiger partial charge in [0.15, 0.2) is 0 Å². The number of anilines is 1. The third kappa shape index (κ3) is 3.07. The number of nitro benzene ring substituents is 1. The predicted octanol–water partition coefficient (Wildman–Crippen LogP) is 1.85. The van der Waals surface area contributed by atoms with Gasteiger partial charge in [-0.2, -0.15) is 0 Å². The summed E-state index contributed by atoms with van der Waals surface area (Å²) in [5.41, 5.74) is 0.651. The van der Waals surface area contributed by atoms with E-state index in [0.29, 0.717) is 24.5 Å². The molecule has 2 unspecified atom stereocenters. The molecule has 0 bridgehead atoms. The molecule has 1 aliphatic heterocycles. The molecule has 1 saturated heterocycles. The number of hydrogen-bond acceptors (Lipinski definition) is 6. The van der Waals surface area contributed by atoms with E-state index in [2.05, 4.69) is 0 Å². The Labute approximate surface area is 122 Å². The highest BCUT2D eigenvalue weighted by molar-refractivity contribution is 5.75. The van der Waals surface area contributed by atoms with Gasteiger partial charge in [0.1, 0.15) is 5.75 Å². The van der Waals surface area contributed by atoms with Crippen LogP contribution in [-0.4, -0.2) is 38.2 Å². The van der Waals surface area contributed by atoms with E-state index in [4.69, 9.17) is 9.47 Å².